The van der Waals surface area contributed by atoms with E-state index >= 15 is 0 Å². The number of thioether (sulfide) groups is 1. The van der Waals surface area contributed by atoms with E-state index in [1.807, 2.05) is 51.1 Å². The number of nitrogens with one attached hydrogen (secondary N) is 2. The molecule has 2 amide bonds. The number of aryl methyl sites for hydroxylation is 3. The first-order chi connectivity index (χ1) is 11.8. The molecule has 0 bridgehead atoms. The summed E-state index contributed by atoms with van der Waals surface area (Å²) in [5, 5.41) is 5.46. The number of carbonyl (C=O) groups excluding carboxylic acids is 2. The summed E-state index contributed by atoms with van der Waals surface area (Å²) >= 11 is 4.87. The van der Waals surface area contributed by atoms with Gasteiger partial charge in [0.1, 0.15) is 0 Å². The molecule has 6 heteroatoms. The van der Waals surface area contributed by atoms with Crippen molar-refractivity contribution in [3.63, 3.8) is 0 Å². The first kappa shape index (κ1) is 19.5. The van der Waals surface area contributed by atoms with Gasteiger partial charge in [-0.25, -0.2) is 0 Å². The van der Waals surface area contributed by atoms with Crippen molar-refractivity contribution in [3.05, 3.63) is 57.6 Å². The predicted molar refractivity (Wildman–Crippen MR) is 107 cm³/mol. The van der Waals surface area contributed by atoms with Gasteiger partial charge < -0.3 is 10.6 Å². The molecule has 2 N–H and O–H groups in total. The van der Waals surface area contributed by atoms with Gasteiger partial charge in [-0.2, -0.15) is 0 Å². The van der Waals surface area contributed by atoms with Crippen LogP contribution in [0.15, 0.2) is 45.8 Å². The normalized spacial score (nSPS) is 10.4. The molecule has 0 aromatic heterocycles. The Morgan fingerprint density at radius 3 is 2.48 bits per heavy atom. The number of benzene rings is 2. The molecule has 0 radical (unpaired) electrons. The third-order valence-electron chi connectivity index (χ3n) is 3.61. The van der Waals surface area contributed by atoms with E-state index in [1.165, 1.54) is 11.8 Å². The van der Waals surface area contributed by atoms with Crippen LogP contribution in [0, 0.1) is 20.8 Å². The van der Waals surface area contributed by atoms with Gasteiger partial charge in [0.05, 0.1) is 12.3 Å². The lowest BCUT2D eigenvalue weighted by Gasteiger charge is -2.10. The maximum absolute atomic E-state index is 12.0. The lowest BCUT2D eigenvalue weighted by atomic mass is 10.2. The van der Waals surface area contributed by atoms with Crippen LogP contribution in [0.5, 0.6) is 0 Å². The van der Waals surface area contributed by atoms with Crippen LogP contribution in [0.3, 0.4) is 0 Å². The molecule has 2 rings (SSSR count). The fourth-order valence-electron chi connectivity index (χ4n) is 2.20. The fraction of sp³-hybridized carbons (Fsp3) is 0.263. The van der Waals surface area contributed by atoms with Crippen molar-refractivity contribution in [2.45, 2.75) is 25.7 Å². The minimum Gasteiger partial charge on any atom is -0.346 e. The molecule has 0 atom stereocenters. The first-order valence-corrected chi connectivity index (χ1v) is 9.66. The molecule has 4 nitrogen and oxygen atoms in total. The van der Waals surface area contributed by atoms with Crippen molar-refractivity contribution in [1.29, 1.82) is 0 Å². The summed E-state index contributed by atoms with van der Waals surface area (Å²) in [6.07, 6.45) is 0. The third-order valence-corrected chi connectivity index (χ3v) is 5.26. The summed E-state index contributed by atoms with van der Waals surface area (Å²) in [5.74, 6) is -0.112. The van der Waals surface area contributed by atoms with E-state index in [4.69, 9.17) is 0 Å². The third kappa shape index (κ3) is 6.21. The SMILES string of the molecule is Cc1ccc(C)c(SCC(=O)NCC(=O)Nc2ccc(Br)cc2C)c1. The zero-order valence-electron chi connectivity index (χ0n) is 14.5. The van der Waals surface area contributed by atoms with Crippen molar-refractivity contribution in [2.24, 2.45) is 0 Å². The number of hydrogen-bond donors (Lipinski definition) is 2. The van der Waals surface area contributed by atoms with Crippen molar-refractivity contribution in [3.8, 4) is 0 Å². The summed E-state index contributed by atoms with van der Waals surface area (Å²) < 4.78 is 0.958. The summed E-state index contributed by atoms with van der Waals surface area (Å²) in [4.78, 5) is 25.0. The molecule has 2 aromatic rings. The van der Waals surface area contributed by atoms with Gasteiger partial charge in [0, 0.05) is 15.1 Å². The van der Waals surface area contributed by atoms with E-state index in [9.17, 15) is 9.59 Å². The minimum atomic E-state index is -0.240. The van der Waals surface area contributed by atoms with E-state index in [2.05, 4.69) is 32.6 Å². The zero-order chi connectivity index (χ0) is 18.4. The Morgan fingerprint density at radius 2 is 1.76 bits per heavy atom. The number of amides is 2. The Morgan fingerprint density at radius 1 is 1.00 bits per heavy atom. The average Bonchev–Trinajstić information content (AvgIpc) is 2.56. The zero-order valence-corrected chi connectivity index (χ0v) is 16.9. The van der Waals surface area contributed by atoms with Crippen molar-refractivity contribution in [2.75, 3.05) is 17.6 Å². The van der Waals surface area contributed by atoms with Crippen LogP contribution < -0.4 is 10.6 Å². The Kier molecular flexibility index (Phi) is 7.08. The molecule has 2 aromatic carbocycles. The lowest BCUT2D eigenvalue weighted by molar-refractivity contribution is -0.122. The van der Waals surface area contributed by atoms with E-state index in [0.717, 1.165) is 31.7 Å². The lowest BCUT2D eigenvalue weighted by Crippen LogP contribution is -2.34. The summed E-state index contributed by atoms with van der Waals surface area (Å²) in [6, 6.07) is 11.8. The molecule has 0 saturated carbocycles. The van der Waals surface area contributed by atoms with Crippen LogP contribution in [0.25, 0.3) is 0 Å². The molecule has 0 heterocycles. The van der Waals surface area contributed by atoms with Crippen LogP contribution in [-0.2, 0) is 9.59 Å². The maximum Gasteiger partial charge on any atom is 0.243 e. The van der Waals surface area contributed by atoms with Crippen LogP contribution in [0.4, 0.5) is 5.69 Å². The van der Waals surface area contributed by atoms with Crippen molar-refractivity contribution < 1.29 is 9.59 Å². The second kappa shape index (κ2) is 9.06. The molecule has 0 unspecified atom stereocenters. The largest absolute Gasteiger partial charge is 0.346 e. The number of hydrogen-bond acceptors (Lipinski definition) is 3. The van der Waals surface area contributed by atoms with Gasteiger partial charge in [-0.15, -0.1) is 11.8 Å². The summed E-state index contributed by atoms with van der Waals surface area (Å²) in [7, 11) is 0. The Balaban J connectivity index is 1.79. The van der Waals surface area contributed by atoms with Gasteiger partial charge in [0.15, 0.2) is 0 Å². The number of rotatable bonds is 6. The second-order valence-electron chi connectivity index (χ2n) is 5.84. The molecule has 132 valence electrons. The Bertz CT molecular complexity index is 793. The minimum absolute atomic E-state index is 0.0400. The molecule has 25 heavy (non-hydrogen) atoms. The van der Waals surface area contributed by atoms with E-state index < -0.39 is 0 Å². The van der Waals surface area contributed by atoms with Crippen LogP contribution in [0.1, 0.15) is 16.7 Å². The first-order valence-electron chi connectivity index (χ1n) is 7.88. The molecule has 0 fully saturated rings. The van der Waals surface area contributed by atoms with Gasteiger partial charge in [0.2, 0.25) is 11.8 Å². The number of anilines is 1. The molecule has 0 spiro atoms. The standard InChI is InChI=1S/C19H21BrN2O2S/c1-12-4-5-13(2)17(8-12)25-11-19(24)21-10-18(23)22-16-7-6-15(20)9-14(16)3/h4-9H,10-11H2,1-3H3,(H,21,24)(H,22,23). The maximum atomic E-state index is 12.0. The topological polar surface area (TPSA) is 58.2 Å². The van der Waals surface area contributed by atoms with Crippen LogP contribution in [-0.4, -0.2) is 24.1 Å². The highest BCUT2D eigenvalue weighted by atomic mass is 79.9. The smallest absolute Gasteiger partial charge is 0.243 e. The van der Waals surface area contributed by atoms with E-state index in [-0.39, 0.29) is 24.1 Å². The van der Waals surface area contributed by atoms with Gasteiger partial charge in [0.25, 0.3) is 0 Å². The highest BCUT2D eigenvalue weighted by Crippen LogP contribution is 2.23. The molecule has 0 aliphatic carbocycles. The highest BCUT2D eigenvalue weighted by Gasteiger charge is 2.09. The second-order valence-corrected chi connectivity index (χ2v) is 7.77. The van der Waals surface area contributed by atoms with Crippen LogP contribution in [0.2, 0.25) is 0 Å². The Hall–Kier alpha value is -1.79. The van der Waals surface area contributed by atoms with Gasteiger partial charge in [-0.05, 0) is 56.2 Å². The van der Waals surface area contributed by atoms with Crippen LogP contribution >= 0.6 is 27.7 Å². The van der Waals surface area contributed by atoms with Crippen molar-refractivity contribution in [1.82, 2.24) is 5.32 Å². The molecular weight excluding hydrogens is 400 g/mol. The van der Waals surface area contributed by atoms with Gasteiger partial charge >= 0.3 is 0 Å². The van der Waals surface area contributed by atoms with Gasteiger partial charge in [-0.1, -0.05) is 33.6 Å². The molecule has 0 aliphatic heterocycles. The van der Waals surface area contributed by atoms with E-state index in [1.54, 1.807) is 0 Å². The summed E-state index contributed by atoms with van der Waals surface area (Å²) in [6.45, 7) is 5.92. The predicted octanol–water partition coefficient (Wildman–Crippen LogP) is 4.22. The van der Waals surface area contributed by atoms with Gasteiger partial charge in [-0.3, -0.25) is 9.59 Å². The fourth-order valence-corrected chi connectivity index (χ4v) is 3.63. The molecule has 0 saturated heterocycles. The van der Waals surface area contributed by atoms with Crippen molar-refractivity contribution >= 4 is 45.2 Å². The average molecular weight is 421 g/mol. The molecule has 0 aliphatic rings. The quantitative estimate of drug-likeness (QED) is 0.687. The monoisotopic (exact) mass is 420 g/mol. The Labute approximate surface area is 160 Å². The highest BCUT2D eigenvalue weighted by molar-refractivity contribution is 9.10. The van der Waals surface area contributed by atoms with E-state index in [0.29, 0.717) is 0 Å². The number of carbonyl (C=O) groups is 2. The number of halogens is 1. The molecular formula is C19H21BrN2O2S. The summed E-state index contributed by atoms with van der Waals surface area (Å²) in [5.41, 5.74) is 4.01.